The van der Waals surface area contributed by atoms with Crippen molar-refractivity contribution in [2.24, 2.45) is 0 Å². The Balaban J connectivity index is 1.74. The summed E-state index contributed by atoms with van der Waals surface area (Å²) < 4.78 is 44.1. The topological polar surface area (TPSA) is 51.2 Å². The highest BCUT2D eigenvalue weighted by Crippen LogP contribution is 2.36. The Hall–Kier alpha value is -2.28. The Morgan fingerprint density at radius 3 is 2.88 bits per heavy atom. The third-order valence-electron chi connectivity index (χ3n) is 3.89. The number of aromatic nitrogens is 1. The molecule has 1 N–H and O–H groups in total. The first kappa shape index (κ1) is 17.5. The van der Waals surface area contributed by atoms with Crippen molar-refractivity contribution in [2.45, 2.75) is 25.1 Å². The summed E-state index contributed by atoms with van der Waals surface area (Å²) in [4.78, 5) is 16.4. The predicted octanol–water partition coefficient (Wildman–Crippen LogP) is 3.94. The number of benzene rings is 1. The van der Waals surface area contributed by atoms with Crippen molar-refractivity contribution in [1.82, 2.24) is 10.3 Å². The highest BCUT2D eigenvalue weighted by molar-refractivity contribution is 6.32. The number of carbonyl (C=O) groups excluding carboxylic acids is 1. The molecule has 0 bridgehead atoms. The number of hydrogen-bond acceptors (Lipinski definition) is 3. The lowest BCUT2D eigenvalue weighted by molar-refractivity contribution is -0.137. The van der Waals surface area contributed by atoms with Gasteiger partial charge in [-0.3, -0.25) is 4.79 Å². The van der Waals surface area contributed by atoms with Gasteiger partial charge in [-0.15, -0.1) is 0 Å². The third-order valence-corrected chi connectivity index (χ3v) is 4.34. The molecule has 0 saturated heterocycles. The first-order chi connectivity index (χ1) is 11.9. The second kappa shape index (κ2) is 6.92. The predicted molar refractivity (Wildman–Crippen MR) is 85.4 cm³/mol. The highest BCUT2D eigenvalue weighted by Gasteiger charge is 2.34. The lowest BCUT2D eigenvalue weighted by Crippen LogP contribution is -2.33. The fourth-order valence-electron chi connectivity index (χ4n) is 2.72. The lowest BCUT2D eigenvalue weighted by Gasteiger charge is -2.25. The summed E-state index contributed by atoms with van der Waals surface area (Å²) in [5, 5.41) is 2.36. The highest BCUT2D eigenvalue weighted by atomic mass is 35.5. The van der Waals surface area contributed by atoms with Crippen LogP contribution in [0.4, 0.5) is 13.2 Å². The number of hydrogen-bond donors (Lipinski definition) is 1. The number of amides is 1. The summed E-state index contributed by atoms with van der Waals surface area (Å²) in [7, 11) is 0. The minimum Gasteiger partial charge on any atom is -0.477 e. The zero-order chi connectivity index (χ0) is 18.0. The van der Waals surface area contributed by atoms with E-state index in [4.69, 9.17) is 16.3 Å². The summed E-state index contributed by atoms with van der Waals surface area (Å²) in [5.41, 5.74) is -0.0650. The van der Waals surface area contributed by atoms with Gasteiger partial charge < -0.3 is 10.1 Å². The van der Waals surface area contributed by atoms with Crippen molar-refractivity contribution >= 4 is 17.5 Å². The SMILES string of the molecule is O=C(Cc1cccc(C(F)(F)F)c1Cl)NC1CCOc2ncccc21. The smallest absolute Gasteiger partial charge is 0.417 e. The Morgan fingerprint density at radius 1 is 1.32 bits per heavy atom. The molecule has 1 aliphatic rings. The molecule has 4 nitrogen and oxygen atoms in total. The Morgan fingerprint density at radius 2 is 2.12 bits per heavy atom. The lowest BCUT2D eigenvalue weighted by atomic mass is 10.0. The van der Waals surface area contributed by atoms with Crippen LogP contribution in [0.25, 0.3) is 0 Å². The zero-order valence-electron chi connectivity index (χ0n) is 12.9. The third kappa shape index (κ3) is 3.87. The second-order valence-corrected chi connectivity index (χ2v) is 5.99. The number of fused-ring (bicyclic) bond motifs is 1. The van der Waals surface area contributed by atoms with Gasteiger partial charge in [0.15, 0.2) is 0 Å². The molecule has 0 spiro atoms. The van der Waals surface area contributed by atoms with E-state index in [1.165, 1.54) is 12.1 Å². The fourth-order valence-corrected chi connectivity index (χ4v) is 3.02. The van der Waals surface area contributed by atoms with Crippen LogP contribution in [0.5, 0.6) is 5.88 Å². The van der Waals surface area contributed by atoms with Gasteiger partial charge in [0.05, 0.1) is 29.7 Å². The monoisotopic (exact) mass is 370 g/mol. The molecule has 2 aromatic rings. The maximum Gasteiger partial charge on any atom is 0.417 e. The molecule has 1 amide bonds. The van der Waals surface area contributed by atoms with Gasteiger partial charge in [0.25, 0.3) is 0 Å². The van der Waals surface area contributed by atoms with Crippen LogP contribution in [0.15, 0.2) is 36.5 Å². The van der Waals surface area contributed by atoms with Gasteiger partial charge in [-0.1, -0.05) is 29.8 Å². The fraction of sp³-hybridized carbons (Fsp3) is 0.294. The van der Waals surface area contributed by atoms with Gasteiger partial charge in [-0.05, 0) is 17.7 Å². The number of carbonyl (C=O) groups is 1. The van der Waals surface area contributed by atoms with Crippen LogP contribution in [0.1, 0.15) is 29.2 Å². The first-order valence-electron chi connectivity index (χ1n) is 7.58. The molecule has 132 valence electrons. The molecule has 1 unspecified atom stereocenters. The van der Waals surface area contributed by atoms with Crippen LogP contribution >= 0.6 is 11.6 Å². The van der Waals surface area contributed by atoms with E-state index < -0.39 is 22.7 Å². The van der Waals surface area contributed by atoms with Gasteiger partial charge in [0.1, 0.15) is 0 Å². The Bertz CT molecular complexity index is 796. The molecular weight excluding hydrogens is 357 g/mol. The van der Waals surface area contributed by atoms with Gasteiger partial charge in [0, 0.05) is 18.2 Å². The summed E-state index contributed by atoms with van der Waals surface area (Å²) in [5.74, 6) is 0.0408. The van der Waals surface area contributed by atoms with Crippen LogP contribution in [-0.2, 0) is 17.4 Å². The number of halogens is 4. The first-order valence-corrected chi connectivity index (χ1v) is 7.95. The minimum atomic E-state index is -4.56. The molecular formula is C17H14ClF3N2O2. The summed E-state index contributed by atoms with van der Waals surface area (Å²) in [6.45, 7) is 0.402. The minimum absolute atomic E-state index is 0.132. The summed E-state index contributed by atoms with van der Waals surface area (Å²) in [6.07, 6.45) is -2.66. The van der Waals surface area contributed by atoms with E-state index in [1.807, 2.05) is 0 Å². The number of nitrogens with zero attached hydrogens (tertiary/aromatic N) is 1. The number of alkyl halides is 3. The Labute approximate surface area is 147 Å². The maximum absolute atomic E-state index is 12.9. The normalized spacial score (nSPS) is 16.7. The van der Waals surface area contributed by atoms with E-state index in [1.54, 1.807) is 18.3 Å². The largest absolute Gasteiger partial charge is 0.477 e. The van der Waals surface area contributed by atoms with E-state index in [0.29, 0.717) is 18.9 Å². The van der Waals surface area contributed by atoms with Gasteiger partial charge in [0.2, 0.25) is 11.8 Å². The average Bonchev–Trinajstić information content (AvgIpc) is 2.56. The van der Waals surface area contributed by atoms with Crippen molar-refractivity contribution < 1.29 is 22.7 Å². The number of nitrogens with one attached hydrogen (secondary N) is 1. The molecule has 1 aromatic heterocycles. The van der Waals surface area contributed by atoms with Crippen LogP contribution in [0, 0.1) is 0 Å². The molecule has 0 fully saturated rings. The second-order valence-electron chi connectivity index (χ2n) is 5.61. The molecule has 1 aliphatic heterocycles. The van der Waals surface area contributed by atoms with Gasteiger partial charge in [-0.2, -0.15) is 13.2 Å². The zero-order valence-corrected chi connectivity index (χ0v) is 13.7. The van der Waals surface area contributed by atoms with Gasteiger partial charge in [-0.25, -0.2) is 4.98 Å². The van der Waals surface area contributed by atoms with Crippen molar-refractivity contribution in [3.8, 4) is 5.88 Å². The standard InChI is InChI=1S/C17H14ClF3N2O2/c18-15-10(3-1-5-12(15)17(19,20)21)9-14(24)23-13-6-8-25-16-11(13)4-2-7-22-16/h1-5,7,13H,6,8-9H2,(H,23,24). The molecule has 0 saturated carbocycles. The molecule has 1 atom stereocenters. The van der Waals surface area contributed by atoms with Crippen molar-refractivity contribution in [1.29, 1.82) is 0 Å². The van der Waals surface area contributed by atoms with Gasteiger partial charge >= 0.3 is 6.18 Å². The molecule has 0 aliphatic carbocycles. The molecule has 3 rings (SSSR count). The number of rotatable bonds is 3. The average molecular weight is 371 g/mol. The van der Waals surface area contributed by atoms with Crippen LogP contribution < -0.4 is 10.1 Å². The quantitative estimate of drug-likeness (QED) is 0.890. The molecule has 1 aromatic carbocycles. The van der Waals surface area contributed by atoms with Crippen LogP contribution in [-0.4, -0.2) is 17.5 Å². The molecule has 25 heavy (non-hydrogen) atoms. The number of ether oxygens (including phenoxy) is 1. The Kier molecular flexibility index (Phi) is 4.85. The van der Waals surface area contributed by atoms with E-state index in [0.717, 1.165) is 11.6 Å². The molecule has 0 radical (unpaired) electrons. The molecule has 2 heterocycles. The maximum atomic E-state index is 12.9. The van der Waals surface area contributed by atoms with E-state index in [-0.39, 0.29) is 18.0 Å². The van der Waals surface area contributed by atoms with Crippen molar-refractivity contribution in [3.05, 3.63) is 58.2 Å². The summed E-state index contributed by atoms with van der Waals surface area (Å²) in [6, 6.07) is 6.78. The van der Waals surface area contributed by atoms with Crippen molar-refractivity contribution in [3.63, 3.8) is 0 Å². The van der Waals surface area contributed by atoms with E-state index in [2.05, 4.69) is 10.3 Å². The van der Waals surface area contributed by atoms with Crippen LogP contribution in [0.3, 0.4) is 0 Å². The van der Waals surface area contributed by atoms with Crippen molar-refractivity contribution in [2.75, 3.05) is 6.61 Å². The van der Waals surface area contributed by atoms with Crippen LogP contribution in [0.2, 0.25) is 5.02 Å². The number of pyridine rings is 1. The summed E-state index contributed by atoms with van der Waals surface area (Å²) >= 11 is 5.83. The molecule has 8 heteroatoms. The van der Waals surface area contributed by atoms with E-state index in [9.17, 15) is 18.0 Å². The van der Waals surface area contributed by atoms with E-state index >= 15 is 0 Å².